The molecule has 0 saturated carbocycles. The van der Waals surface area contributed by atoms with Crippen LogP contribution in [0.1, 0.15) is 10.5 Å². The number of aromatic nitrogens is 1. The average Bonchev–Trinajstić information content (AvgIpc) is 2.18. The Hall–Kier alpha value is -1.42. The Morgan fingerprint density at radius 3 is 3.08 bits per heavy atom. The molecule has 0 atom stereocenters. The van der Waals surface area contributed by atoms with E-state index in [1.165, 1.54) is 11.1 Å². The van der Waals surface area contributed by atoms with Gasteiger partial charge in [-0.15, -0.1) is 0 Å². The van der Waals surface area contributed by atoms with Crippen molar-refractivity contribution >= 4 is 5.91 Å². The summed E-state index contributed by atoms with van der Waals surface area (Å²) in [6.45, 7) is 0.262. The van der Waals surface area contributed by atoms with Crippen molar-refractivity contribution < 1.29 is 9.90 Å². The largest absolute Gasteiger partial charge is 0.395 e. The molecule has 1 aromatic rings. The SMILES string of the molecule is CN(CCO)C(=O)c1[c]cccn1. The third-order valence-corrected chi connectivity index (χ3v) is 1.59. The lowest BCUT2D eigenvalue weighted by atomic mass is 10.3. The van der Waals surface area contributed by atoms with E-state index >= 15 is 0 Å². The van der Waals surface area contributed by atoms with Crippen molar-refractivity contribution in [3.63, 3.8) is 0 Å². The highest BCUT2D eigenvalue weighted by Gasteiger charge is 2.11. The lowest BCUT2D eigenvalue weighted by Crippen LogP contribution is -2.30. The highest BCUT2D eigenvalue weighted by molar-refractivity contribution is 5.91. The van der Waals surface area contributed by atoms with Crippen molar-refractivity contribution in [1.29, 1.82) is 0 Å². The first kappa shape index (κ1) is 9.67. The predicted octanol–water partition coefficient (Wildman–Crippen LogP) is -0.0539. The molecule has 0 aliphatic carbocycles. The van der Waals surface area contributed by atoms with Crippen LogP contribution in [0.15, 0.2) is 18.3 Å². The topological polar surface area (TPSA) is 53.4 Å². The number of carbonyl (C=O) groups excluding carboxylic acids is 1. The zero-order valence-electron chi connectivity index (χ0n) is 7.40. The Balaban J connectivity index is 2.68. The van der Waals surface area contributed by atoms with E-state index in [-0.39, 0.29) is 18.2 Å². The van der Waals surface area contributed by atoms with Crippen LogP contribution < -0.4 is 0 Å². The Kier molecular flexibility index (Phi) is 3.40. The maximum absolute atomic E-state index is 11.5. The van der Waals surface area contributed by atoms with E-state index in [9.17, 15) is 4.79 Å². The fourth-order valence-corrected chi connectivity index (χ4v) is 0.874. The van der Waals surface area contributed by atoms with Crippen LogP contribution in [0.3, 0.4) is 0 Å². The lowest BCUT2D eigenvalue weighted by molar-refractivity contribution is 0.0761. The first-order valence-electron chi connectivity index (χ1n) is 3.94. The third-order valence-electron chi connectivity index (χ3n) is 1.59. The fourth-order valence-electron chi connectivity index (χ4n) is 0.874. The summed E-state index contributed by atoms with van der Waals surface area (Å²) < 4.78 is 0. The summed E-state index contributed by atoms with van der Waals surface area (Å²) in [5.74, 6) is -0.227. The number of rotatable bonds is 3. The highest BCUT2D eigenvalue weighted by Crippen LogP contribution is 1.97. The number of carbonyl (C=O) groups is 1. The van der Waals surface area contributed by atoms with Crippen molar-refractivity contribution in [1.82, 2.24) is 9.88 Å². The van der Waals surface area contributed by atoms with Gasteiger partial charge in [-0.1, -0.05) is 6.07 Å². The van der Waals surface area contributed by atoms with E-state index < -0.39 is 0 Å². The van der Waals surface area contributed by atoms with E-state index in [2.05, 4.69) is 11.1 Å². The first-order chi connectivity index (χ1) is 6.25. The minimum absolute atomic E-state index is 0.0466. The molecule has 1 heterocycles. The summed E-state index contributed by atoms with van der Waals surface area (Å²) in [4.78, 5) is 16.7. The minimum atomic E-state index is -0.227. The van der Waals surface area contributed by atoms with Crippen LogP contribution in [0.2, 0.25) is 0 Å². The Morgan fingerprint density at radius 2 is 2.54 bits per heavy atom. The van der Waals surface area contributed by atoms with Crippen molar-refractivity contribution in [2.45, 2.75) is 0 Å². The van der Waals surface area contributed by atoms with E-state index in [1.807, 2.05) is 0 Å². The molecule has 0 unspecified atom stereocenters. The third kappa shape index (κ3) is 2.52. The van der Waals surface area contributed by atoms with Crippen LogP contribution in [0, 0.1) is 6.07 Å². The molecule has 1 rings (SSSR count). The van der Waals surface area contributed by atoms with E-state index in [1.54, 1.807) is 19.2 Å². The molecule has 0 spiro atoms. The molecule has 0 bridgehead atoms. The van der Waals surface area contributed by atoms with Gasteiger partial charge in [0.05, 0.1) is 6.61 Å². The molecule has 4 heteroatoms. The Bertz CT molecular complexity index is 274. The maximum atomic E-state index is 11.5. The number of amides is 1. The van der Waals surface area contributed by atoms with E-state index in [0.717, 1.165) is 0 Å². The van der Waals surface area contributed by atoms with Gasteiger partial charge in [-0.2, -0.15) is 0 Å². The monoisotopic (exact) mass is 179 g/mol. The molecule has 0 aliphatic rings. The smallest absolute Gasteiger partial charge is 0.272 e. The summed E-state index contributed by atoms with van der Waals surface area (Å²) in [5.41, 5.74) is 0.276. The molecule has 1 radical (unpaired) electrons. The molecule has 0 fully saturated rings. The minimum Gasteiger partial charge on any atom is -0.395 e. The first-order valence-corrected chi connectivity index (χ1v) is 3.94. The quantitative estimate of drug-likeness (QED) is 0.707. The standard InChI is InChI=1S/C9H11N2O2/c1-11(6-7-12)9(13)8-4-2-3-5-10-8/h2-3,5,12H,6-7H2,1H3. The van der Waals surface area contributed by atoms with Crippen LogP contribution in [0.25, 0.3) is 0 Å². The summed E-state index contributed by atoms with van der Waals surface area (Å²) in [7, 11) is 1.61. The summed E-state index contributed by atoms with van der Waals surface area (Å²) in [6, 6.07) is 6.05. The van der Waals surface area contributed by atoms with E-state index in [0.29, 0.717) is 6.54 Å². The number of hydrogen-bond acceptors (Lipinski definition) is 3. The molecule has 0 aliphatic heterocycles. The summed E-state index contributed by atoms with van der Waals surface area (Å²) >= 11 is 0. The van der Waals surface area contributed by atoms with Gasteiger partial charge < -0.3 is 10.0 Å². The molecule has 69 valence electrons. The number of pyridine rings is 1. The maximum Gasteiger partial charge on any atom is 0.272 e. The lowest BCUT2D eigenvalue weighted by Gasteiger charge is -2.14. The molecular weight excluding hydrogens is 168 g/mol. The van der Waals surface area contributed by atoms with Gasteiger partial charge >= 0.3 is 0 Å². The summed E-state index contributed by atoms with van der Waals surface area (Å²) in [5, 5.41) is 8.61. The second-order valence-corrected chi connectivity index (χ2v) is 2.58. The molecule has 4 nitrogen and oxygen atoms in total. The van der Waals surface area contributed by atoms with Crippen molar-refractivity contribution in [3.8, 4) is 0 Å². The second-order valence-electron chi connectivity index (χ2n) is 2.58. The van der Waals surface area contributed by atoms with Gasteiger partial charge in [0.2, 0.25) is 0 Å². The molecule has 0 aromatic carbocycles. The van der Waals surface area contributed by atoms with Crippen molar-refractivity contribution in [2.75, 3.05) is 20.2 Å². The molecule has 1 N–H and O–H groups in total. The van der Waals surface area contributed by atoms with Crippen molar-refractivity contribution in [3.05, 3.63) is 30.1 Å². The number of aliphatic hydroxyl groups is 1. The van der Waals surface area contributed by atoms with Gasteiger partial charge in [0.15, 0.2) is 0 Å². The summed E-state index contributed by atoms with van der Waals surface area (Å²) in [6.07, 6.45) is 1.54. The van der Waals surface area contributed by atoms with Gasteiger partial charge in [-0.3, -0.25) is 9.78 Å². The van der Waals surface area contributed by atoms with E-state index in [4.69, 9.17) is 5.11 Å². The van der Waals surface area contributed by atoms with Gasteiger partial charge in [-0.05, 0) is 6.07 Å². The highest BCUT2D eigenvalue weighted by atomic mass is 16.3. The number of aliphatic hydroxyl groups excluding tert-OH is 1. The molecule has 13 heavy (non-hydrogen) atoms. The fraction of sp³-hybridized carbons (Fsp3) is 0.333. The van der Waals surface area contributed by atoms with Gasteiger partial charge in [0.25, 0.3) is 5.91 Å². The zero-order chi connectivity index (χ0) is 9.68. The Labute approximate surface area is 76.8 Å². The number of likely N-dealkylation sites (N-methyl/N-ethyl adjacent to an activating group) is 1. The number of nitrogens with zero attached hydrogens (tertiary/aromatic N) is 2. The zero-order valence-corrected chi connectivity index (χ0v) is 7.40. The Morgan fingerprint density at radius 1 is 1.77 bits per heavy atom. The number of hydrogen-bond donors (Lipinski definition) is 1. The predicted molar refractivity (Wildman–Crippen MR) is 47.1 cm³/mol. The van der Waals surface area contributed by atoms with Crippen LogP contribution in [-0.4, -0.2) is 41.1 Å². The van der Waals surface area contributed by atoms with Gasteiger partial charge in [-0.25, -0.2) is 0 Å². The van der Waals surface area contributed by atoms with Gasteiger partial charge in [0, 0.05) is 25.9 Å². The second kappa shape index (κ2) is 4.57. The molecular formula is C9H11N2O2. The average molecular weight is 179 g/mol. The van der Waals surface area contributed by atoms with Crippen molar-refractivity contribution in [2.24, 2.45) is 0 Å². The van der Waals surface area contributed by atoms with Crippen LogP contribution in [0.4, 0.5) is 0 Å². The molecule has 1 amide bonds. The van der Waals surface area contributed by atoms with Crippen LogP contribution >= 0.6 is 0 Å². The van der Waals surface area contributed by atoms with Crippen LogP contribution in [-0.2, 0) is 0 Å². The normalized spacial score (nSPS) is 9.69. The van der Waals surface area contributed by atoms with Gasteiger partial charge in [0.1, 0.15) is 5.69 Å². The van der Waals surface area contributed by atoms with Crippen LogP contribution in [0.5, 0.6) is 0 Å². The molecule has 1 aromatic heterocycles. The molecule has 0 saturated heterocycles.